The second-order valence-electron chi connectivity index (χ2n) is 4.47. The molecule has 1 rings (SSSR count). The minimum Gasteiger partial charge on any atom is -0.314 e. The predicted molar refractivity (Wildman–Crippen MR) is 79.0 cm³/mol. The molecule has 1 aromatic rings. The van der Waals surface area contributed by atoms with Gasteiger partial charge in [-0.25, -0.2) is 8.42 Å². The number of thiophene rings is 1. The van der Waals surface area contributed by atoms with Gasteiger partial charge in [0.05, 0.1) is 5.75 Å². The second-order valence-corrected chi connectivity index (χ2v) is 7.72. The molecule has 0 radical (unpaired) electrons. The van der Waals surface area contributed by atoms with Gasteiger partial charge in [-0.15, -0.1) is 0 Å². The molecular formula is C13H23NO2S2. The molecule has 0 aliphatic heterocycles. The zero-order valence-electron chi connectivity index (χ0n) is 11.2. The molecule has 0 saturated carbocycles. The van der Waals surface area contributed by atoms with Gasteiger partial charge in [0.25, 0.3) is 0 Å². The van der Waals surface area contributed by atoms with Crippen LogP contribution < -0.4 is 5.32 Å². The Kier molecular flexibility index (Phi) is 6.89. The van der Waals surface area contributed by atoms with Gasteiger partial charge in [-0.2, -0.15) is 11.3 Å². The molecule has 1 atom stereocenters. The van der Waals surface area contributed by atoms with Crippen LogP contribution in [0.2, 0.25) is 0 Å². The van der Waals surface area contributed by atoms with E-state index in [2.05, 4.69) is 29.1 Å². The predicted octanol–water partition coefficient (Wildman–Crippen LogP) is 2.48. The summed E-state index contributed by atoms with van der Waals surface area (Å²) < 4.78 is 22.9. The molecule has 3 nitrogen and oxygen atoms in total. The Hall–Kier alpha value is -0.390. The van der Waals surface area contributed by atoms with Crippen LogP contribution in [-0.2, 0) is 16.3 Å². The minimum atomic E-state index is -2.82. The van der Waals surface area contributed by atoms with Gasteiger partial charge in [0.15, 0.2) is 0 Å². The van der Waals surface area contributed by atoms with Crippen LogP contribution in [0.1, 0.15) is 32.3 Å². The smallest absolute Gasteiger partial charge is 0.150 e. The van der Waals surface area contributed by atoms with E-state index < -0.39 is 9.84 Å². The molecule has 0 amide bonds. The fourth-order valence-corrected chi connectivity index (χ4v) is 3.53. The lowest BCUT2D eigenvalue weighted by molar-refractivity contribution is 0.485. The van der Waals surface area contributed by atoms with Crippen LogP contribution in [0, 0.1) is 0 Å². The number of likely N-dealkylation sites (N-methyl/N-ethyl adjacent to an activating group) is 1. The lowest BCUT2D eigenvalue weighted by atomic mass is 10.0. The molecule has 0 aromatic carbocycles. The lowest BCUT2D eigenvalue weighted by Crippen LogP contribution is -2.31. The highest BCUT2D eigenvalue weighted by molar-refractivity contribution is 7.91. The average molecular weight is 289 g/mol. The van der Waals surface area contributed by atoms with Crippen molar-refractivity contribution >= 4 is 21.2 Å². The van der Waals surface area contributed by atoms with E-state index in [4.69, 9.17) is 0 Å². The Bertz CT molecular complexity index is 412. The van der Waals surface area contributed by atoms with Gasteiger partial charge >= 0.3 is 0 Å². The monoisotopic (exact) mass is 289 g/mol. The average Bonchev–Trinajstić information content (AvgIpc) is 2.82. The molecule has 1 heterocycles. The van der Waals surface area contributed by atoms with Crippen molar-refractivity contribution in [1.29, 1.82) is 0 Å². The number of hydrogen-bond acceptors (Lipinski definition) is 4. The molecule has 0 aliphatic rings. The number of rotatable bonds is 9. The maximum atomic E-state index is 11.4. The van der Waals surface area contributed by atoms with E-state index in [1.54, 1.807) is 18.3 Å². The van der Waals surface area contributed by atoms with Crippen molar-refractivity contribution in [1.82, 2.24) is 5.32 Å². The molecule has 1 N–H and O–H groups in total. The minimum absolute atomic E-state index is 0.253. The topological polar surface area (TPSA) is 46.2 Å². The van der Waals surface area contributed by atoms with Crippen molar-refractivity contribution in [2.45, 2.75) is 39.2 Å². The van der Waals surface area contributed by atoms with Gasteiger partial charge in [0, 0.05) is 11.8 Å². The van der Waals surface area contributed by atoms with Crippen LogP contribution in [0.5, 0.6) is 0 Å². The first-order valence-corrected chi connectivity index (χ1v) is 9.28. The quantitative estimate of drug-likeness (QED) is 0.759. The van der Waals surface area contributed by atoms with Gasteiger partial charge in [-0.05, 0) is 48.2 Å². The molecule has 104 valence electrons. The van der Waals surface area contributed by atoms with Crippen LogP contribution >= 0.6 is 11.3 Å². The highest BCUT2D eigenvalue weighted by Crippen LogP contribution is 2.12. The first-order valence-electron chi connectivity index (χ1n) is 6.52. The molecule has 1 aromatic heterocycles. The molecule has 18 heavy (non-hydrogen) atoms. The molecule has 1 unspecified atom stereocenters. The van der Waals surface area contributed by atoms with E-state index in [0.717, 1.165) is 25.8 Å². The maximum Gasteiger partial charge on any atom is 0.150 e. The Balaban J connectivity index is 2.38. The van der Waals surface area contributed by atoms with E-state index >= 15 is 0 Å². The highest BCUT2D eigenvalue weighted by Gasteiger charge is 2.12. The van der Waals surface area contributed by atoms with Crippen molar-refractivity contribution in [2.75, 3.05) is 18.1 Å². The lowest BCUT2D eigenvalue weighted by Gasteiger charge is -2.17. The standard InChI is InChI=1S/C13H23NO2S2/c1-3-14-13(10-12-7-8-17-11-12)6-5-9-18(15,16)4-2/h7-8,11,13-14H,3-6,9-10H2,1-2H3. The summed E-state index contributed by atoms with van der Waals surface area (Å²) in [5.74, 6) is 0.568. The van der Waals surface area contributed by atoms with Crippen molar-refractivity contribution in [2.24, 2.45) is 0 Å². The van der Waals surface area contributed by atoms with Crippen LogP contribution in [0.4, 0.5) is 0 Å². The Morgan fingerprint density at radius 3 is 2.72 bits per heavy atom. The van der Waals surface area contributed by atoms with Gasteiger partial charge in [0.2, 0.25) is 0 Å². The molecule has 0 saturated heterocycles. The Morgan fingerprint density at radius 1 is 1.39 bits per heavy atom. The van der Waals surface area contributed by atoms with E-state index in [1.807, 2.05) is 0 Å². The van der Waals surface area contributed by atoms with E-state index in [-0.39, 0.29) is 5.75 Å². The second kappa shape index (κ2) is 7.92. The summed E-state index contributed by atoms with van der Waals surface area (Å²) in [6, 6.07) is 2.52. The largest absolute Gasteiger partial charge is 0.314 e. The molecule has 0 fully saturated rings. The van der Waals surface area contributed by atoms with Crippen molar-refractivity contribution < 1.29 is 8.42 Å². The van der Waals surface area contributed by atoms with E-state index in [9.17, 15) is 8.42 Å². The van der Waals surface area contributed by atoms with Gasteiger partial charge in [-0.3, -0.25) is 0 Å². The third-order valence-corrected chi connectivity index (χ3v) is 5.53. The summed E-state index contributed by atoms with van der Waals surface area (Å²) in [5.41, 5.74) is 1.34. The molecular weight excluding hydrogens is 266 g/mol. The summed E-state index contributed by atoms with van der Waals surface area (Å²) in [6.07, 6.45) is 2.66. The molecule has 0 bridgehead atoms. The SMILES string of the molecule is CCNC(CCCS(=O)(=O)CC)Cc1ccsc1. The molecule has 5 heteroatoms. The third-order valence-electron chi connectivity index (χ3n) is 3.00. The van der Waals surface area contributed by atoms with Crippen molar-refractivity contribution in [3.05, 3.63) is 22.4 Å². The van der Waals surface area contributed by atoms with Crippen LogP contribution in [0.25, 0.3) is 0 Å². The first kappa shape index (κ1) is 15.7. The Morgan fingerprint density at radius 2 is 2.17 bits per heavy atom. The van der Waals surface area contributed by atoms with Crippen LogP contribution in [-0.4, -0.2) is 32.5 Å². The fourth-order valence-electron chi connectivity index (χ4n) is 1.95. The number of hydrogen-bond donors (Lipinski definition) is 1. The van der Waals surface area contributed by atoms with Gasteiger partial charge in [-0.1, -0.05) is 13.8 Å². The van der Waals surface area contributed by atoms with Crippen LogP contribution in [0.15, 0.2) is 16.8 Å². The molecule has 0 spiro atoms. The number of nitrogens with one attached hydrogen (secondary N) is 1. The summed E-state index contributed by atoms with van der Waals surface area (Å²) in [7, 11) is -2.82. The number of sulfone groups is 1. The third kappa shape index (κ3) is 5.98. The summed E-state index contributed by atoms with van der Waals surface area (Å²) >= 11 is 1.71. The first-order chi connectivity index (χ1) is 8.57. The van der Waals surface area contributed by atoms with Crippen LogP contribution in [0.3, 0.4) is 0 Å². The molecule has 0 aliphatic carbocycles. The van der Waals surface area contributed by atoms with Gasteiger partial charge in [0.1, 0.15) is 9.84 Å². The van der Waals surface area contributed by atoms with Gasteiger partial charge < -0.3 is 5.32 Å². The van der Waals surface area contributed by atoms with Crippen molar-refractivity contribution in [3.8, 4) is 0 Å². The zero-order valence-corrected chi connectivity index (χ0v) is 12.8. The fraction of sp³-hybridized carbons (Fsp3) is 0.692. The maximum absolute atomic E-state index is 11.4. The normalized spacial score (nSPS) is 13.7. The van der Waals surface area contributed by atoms with Crippen molar-refractivity contribution in [3.63, 3.8) is 0 Å². The van der Waals surface area contributed by atoms with E-state index in [1.165, 1.54) is 5.56 Å². The summed E-state index contributed by atoms with van der Waals surface area (Å²) in [6.45, 7) is 4.72. The van der Waals surface area contributed by atoms with E-state index in [0.29, 0.717) is 11.8 Å². The zero-order chi connectivity index (χ0) is 13.4. The Labute approximate surface area is 115 Å². The summed E-state index contributed by atoms with van der Waals surface area (Å²) in [5, 5.41) is 7.68. The highest BCUT2D eigenvalue weighted by atomic mass is 32.2. The summed E-state index contributed by atoms with van der Waals surface area (Å²) in [4.78, 5) is 0.